The van der Waals surface area contributed by atoms with Crippen molar-refractivity contribution in [3.63, 3.8) is 0 Å². The number of rotatable bonds is 10. The molecule has 0 atom stereocenters. The van der Waals surface area contributed by atoms with E-state index in [1.54, 1.807) is 43.6 Å². The largest absolute Gasteiger partial charge is 0.495 e. The molecule has 11 heteroatoms. The number of nitrogens with one attached hydrogen (secondary N) is 2. The van der Waals surface area contributed by atoms with Crippen molar-refractivity contribution in [3.05, 3.63) is 78.7 Å². The predicted octanol–water partition coefficient (Wildman–Crippen LogP) is 6.22. The molecule has 4 aromatic rings. The van der Waals surface area contributed by atoms with Crippen LogP contribution in [0.2, 0.25) is 0 Å². The number of carbonyl (C=O) groups is 3. The number of pyridine rings is 1. The molecule has 45 heavy (non-hydrogen) atoms. The van der Waals surface area contributed by atoms with Crippen molar-refractivity contribution >= 4 is 45.7 Å². The van der Waals surface area contributed by atoms with E-state index in [4.69, 9.17) is 14.6 Å². The fraction of sp³-hybridized carbons (Fsp3) is 0.294. The van der Waals surface area contributed by atoms with E-state index < -0.39 is 29.0 Å². The number of aromatic nitrogens is 1. The highest BCUT2D eigenvalue weighted by Crippen LogP contribution is 2.47. The molecule has 3 aromatic carbocycles. The number of hydrogen-bond donors (Lipinski definition) is 3. The summed E-state index contributed by atoms with van der Waals surface area (Å²) in [5.74, 6) is -0.0210. The van der Waals surface area contributed by atoms with Gasteiger partial charge < -0.3 is 30.1 Å². The van der Waals surface area contributed by atoms with Gasteiger partial charge in [-0.1, -0.05) is 0 Å². The number of amides is 2. The van der Waals surface area contributed by atoms with Gasteiger partial charge in [-0.3, -0.25) is 19.4 Å². The summed E-state index contributed by atoms with van der Waals surface area (Å²) in [6.45, 7) is 1.47. The molecule has 2 aliphatic rings. The first-order valence-corrected chi connectivity index (χ1v) is 14.8. The van der Waals surface area contributed by atoms with Gasteiger partial charge in [-0.15, -0.1) is 0 Å². The van der Waals surface area contributed by atoms with Gasteiger partial charge in [-0.25, -0.2) is 4.39 Å². The number of hydrogen-bond acceptors (Lipinski definition) is 7. The second-order valence-electron chi connectivity index (χ2n) is 11.5. The third kappa shape index (κ3) is 6.52. The van der Waals surface area contributed by atoms with E-state index in [9.17, 15) is 18.8 Å². The molecule has 10 nitrogen and oxygen atoms in total. The zero-order valence-electron chi connectivity index (χ0n) is 24.7. The minimum Gasteiger partial charge on any atom is -0.495 e. The van der Waals surface area contributed by atoms with Crippen LogP contribution in [-0.2, 0) is 14.4 Å². The molecular weight excluding hydrogens is 579 g/mol. The van der Waals surface area contributed by atoms with Crippen LogP contribution in [0.1, 0.15) is 32.1 Å². The van der Waals surface area contributed by atoms with Crippen molar-refractivity contribution in [1.82, 2.24) is 4.98 Å². The second kappa shape index (κ2) is 12.4. The maximum atomic E-state index is 13.2. The molecule has 1 aromatic heterocycles. The zero-order chi connectivity index (χ0) is 31.6. The van der Waals surface area contributed by atoms with Crippen molar-refractivity contribution in [2.45, 2.75) is 32.1 Å². The fourth-order valence-electron chi connectivity index (χ4n) is 5.71. The summed E-state index contributed by atoms with van der Waals surface area (Å²) in [5, 5.41) is 15.4. The number of carboxylic acids is 1. The number of carboxylic acid groups (broad SMARTS) is 1. The first-order chi connectivity index (χ1) is 21.7. The van der Waals surface area contributed by atoms with Gasteiger partial charge in [0.2, 0.25) is 11.8 Å². The number of methoxy groups -OCH3 is 1. The van der Waals surface area contributed by atoms with Crippen LogP contribution >= 0.6 is 0 Å². The third-order valence-corrected chi connectivity index (χ3v) is 8.48. The molecule has 2 fully saturated rings. The Bertz CT molecular complexity index is 1730. The number of aliphatic carboxylic acids is 1. The minimum absolute atomic E-state index is 0.171. The summed E-state index contributed by atoms with van der Waals surface area (Å²) in [5.41, 5.74) is 1.42. The van der Waals surface area contributed by atoms with Crippen LogP contribution in [0.4, 0.5) is 21.5 Å². The predicted molar refractivity (Wildman–Crippen MR) is 167 cm³/mol. The Morgan fingerprint density at radius 3 is 2.13 bits per heavy atom. The molecule has 1 aliphatic heterocycles. The molecule has 1 saturated carbocycles. The number of benzene rings is 3. The van der Waals surface area contributed by atoms with Gasteiger partial charge >= 0.3 is 5.97 Å². The summed E-state index contributed by atoms with van der Waals surface area (Å²) < 4.78 is 25.2. The van der Waals surface area contributed by atoms with Gasteiger partial charge in [-0.2, -0.15) is 0 Å². The average molecular weight is 613 g/mol. The number of ether oxygens (including phenoxy) is 2. The highest BCUT2D eigenvalue weighted by Gasteiger charge is 2.56. The molecule has 3 N–H and O–H groups in total. The molecular formula is C34H33FN4O6. The van der Waals surface area contributed by atoms with Gasteiger partial charge in [-0.05, 0) is 98.3 Å². The Labute approximate surface area is 259 Å². The van der Waals surface area contributed by atoms with Gasteiger partial charge in [0, 0.05) is 42.5 Å². The zero-order valence-corrected chi connectivity index (χ0v) is 24.7. The SMILES string of the molecule is COc1cc2c(Oc3ccc(NC(=O)C4(C(=O)Nc5ccc(F)cc5)CC4)cc3)ccnc2cc1N1CCC(CC(=O)O)CC1. The first-order valence-electron chi connectivity index (χ1n) is 14.8. The standard InChI is InChI=1S/C34H33FN4O6/c1-44-30-19-26-27(20-28(30)39-16-11-21(12-17-39)18-31(40)41)36-15-10-29(26)45-25-8-6-24(7-9-25)38-33(43)34(13-14-34)32(42)37-23-4-2-22(35)3-5-23/h2-10,15,19-21H,11-14,16-18H2,1H3,(H,37,42)(H,38,43)(H,40,41). The number of fused-ring (bicyclic) bond motifs is 1. The van der Waals surface area contributed by atoms with Crippen LogP contribution in [0.25, 0.3) is 10.9 Å². The van der Waals surface area contributed by atoms with Crippen LogP contribution in [0, 0.1) is 17.2 Å². The highest BCUT2D eigenvalue weighted by molar-refractivity contribution is 6.16. The molecule has 6 rings (SSSR count). The van der Waals surface area contributed by atoms with E-state index in [1.807, 2.05) is 12.1 Å². The van der Waals surface area contributed by atoms with Gasteiger partial charge in [0.25, 0.3) is 0 Å². The molecule has 232 valence electrons. The van der Waals surface area contributed by atoms with E-state index in [0.717, 1.165) is 42.5 Å². The van der Waals surface area contributed by atoms with Gasteiger partial charge in [0.15, 0.2) is 0 Å². The second-order valence-corrected chi connectivity index (χ2v) is 11.5. The molecule has 0 spiro atoms. The summed E-state index contributed by atoms with van der Waals surface area (Å²) >= 11 is 0. The number of anilines is 3. The molecule has 0 bridgehead atoms. The Balaban J connectivity index is 1.12. The summed E-state index contributed by atoms with van der Waals surface area (Å²) in [4.78, 5) is 43.8. The maximum Gasteiger partial charge on any atom is 0.303 e. The lowest BCUT2D eigenvalue weighted by molar-refractivity contribution is -0.138. The highest BCUT2D eigenvalue weighted by atomic mass is 19.1. The number of carbonyl (C=O) groups excluding carboxylic acids is 2. The lowest BCUT2D eigenvalue weighted by Gasteiger charge is -2.34. The van der Waals surface area contributed by atoms with Gasteiger partial charge in [0.1, 0.15) is 28.5 Å². The lowest BCUT2D eigenvalue weighted by atomic mass is 9.93. The normalized spacial score (nSPS) is 15.7. The van der Waals surface area contributed by atoms with Crippen molar-refractivity contribution in [2.24, 2.45) is 11.3 Å². The average Bonchev–Trinajstić information content (AvgIpc) is 3.85. The van der Waals surface area contributed by atoms with Crippen LogP contribution in [-0.4, -0.2) is 48.1 Å². The number of nitrogens with zero attached hydrogens (tertiary/aromatic N) is 2. The number of piperidine rings is 1. The van der Waals surface area contributed by atoms with Crippen LogP contribution in [0.15, 0.2) is 72.9 Å². The van der Waals surface area contributed by atoms with E-state index in [-0.39, 0.29) is 12.3 Å². The van der Waals surface area contributed by atoms with Crippen LogP contribution in [0.3, 0.4) is 0 Å². The molecule has 2 amide bonds. The van der Waals surface area contributed by atoms with Gasteiger partial charge in [0.05, 0.1) is 18.3 Å². The summed E-state index contributed by atoms with van der Waals surface area (Å²) in [6, 6.07) is 17.9. The quantitative estimate of drug-likeness (QED) is 0.180. The molecule has 1 saturated heterocycles. The molecule has 0 radical (unpaired) electrons. The molecule has 2 heterocycles. The van der Waals surface area contributed by atoms with Crippen molar-refractivity contribution in [1.29, 1.82) is 0 Å². The van der Waals surface area contributed by atoms with Crippen molar-refractivity contribution in [3.8, 4) is 17.2 Å². The lowest BCUT2D eigenvalue weighted by Crippen LogP contribution is -2.35. The fourth-order valence-corrected chi connectivity index (χ4v) is 5.71. The Morgan fingerprint density at radius 2 is 1.56 bits per heavy atom. The van der Waals surface area contributed by atoms with Crippen molar-refractivity contribution < 1.29 is 33.4 Å². The topological polar surface area (TPSA) is 130 Å². The third-order valence-electron chi connectivity index (χ3n) is 8.48. The van der Waals surface area contributed by atoms with E-state index >= 15 is 0 Å². The van der Waals surface area contributed by atoms with Crippen LogP contribution in [0.5, 0.6) is 17.2 Å². The first kappa shape index (κ1) is 29.9. The van der Waals surface area contributed by atoms with E-state index in [0.29, 0.717) is 41.5 Å². The summed E-state index contributed by atoms with van der Waals surface area (Å²) in [6.07, 6.45) is 4.31. The molecule has 0 unspecified atom stereocenters. The minimum atomic E-state index is -1.16. The maximum absolute atomic E-state index is 13.2. The Hall–Kier alpha value is -5.19. The van der Waals surface area contributed by atoms with E-state index in [2.05, 4.69) is 20.5 Å². The smallest absolute Gasteiger partial charge is 0.303 e. The monoisotopic (exact) mass is 612 g/mol. The number of halogens is 1. The van der Waals surface area contributed by atoms with Crippen LogP contribution < -0.4 is 25.0 Å². The van der Waals surface area contributed by atoms with Crippen molar-refractivity contribution in [2.75, 3.05) is 35.7 Å². The van der Waals surface area contributed by atoms with E-state index in [1.165, 1.54) is 24.3 Å². The molecule has 1 aliphatic carbocycles. The summed E-state index contributed by atoms with van der Waals surface area (Å²) in [7, 11) is 1.62. The Kier molecular flexibility index (Phi) is 8.25. The Morgan fingerprint density at radius 1 is 0.933 bits per heavy atom.